The third-order valence-corrected chi connectivity index (χ3v) is 7.10. The van der Waals surface area contributed by atoms with Gasteiger partial charge in [-0.1, -0.05) is 62.4 Å². The van der Waals surface area contributed by atoms with Crippen LogP contribution in [0.4, 0.5) is 0 Å². The molecule has 5 rings (SSSR count). The minimum absolute atomic E-state index is 0.699. The van der Waals surface area contributed by atoms with Crippen LogP contribution in [0.25, 0.3) is 38.8 Å². The molecule has 0 spiro atoms. The van der Waals surface area contributed by atoms with Crippen LogP contribution in [0.1, 0.15) is 25.3 Å². The number of rotatable bonds is 6. The van der Waals surface area contributed by atoms with Crippen molar-refractivity contribution in [3.8, 4) is 11.3 Å². The summed E-state index contributed by atoms with van der Waals surface area (Å²) in [5.41, 5.74) is 7.17. The van der Waals surface area contributed by atoms with Crippen molar-refractivity contribution in [2.75, 3.05) is 26.2 Å². The zero-order valence-corrected chi connectivity index (χ0v) is 20.6. The minimum atomic E-state index is 0.699. The molecular weight excluding hydrogens is 442 g/mol. The van der Waals surface area contributed by atoms with E-state index in [0.717, 1.165) is 83.3 Å². The molecule has 0 unspecified atom stereocenters. The topological polar surface area (TPSA) is 37.2 Å². The number of aryl methyl sites for hydroxylation is 1. The Labute approximate surface area is 205 Å². The summed E-state index contributed by atoms with van der Waals surface area (Å²) in [6.45, 7) is 14.7. The maximum Gasteiger partial charge on any atom is 0.0731 e. The molecule has 1 fully saturated rings. The smallest absolute Gasteiger partial charge is 0.0731 e. The van der Waals surface area contributed by atoms with Crippen molar-refractivity contribution in [1.29, 1.82) is 0 Å². The standard InChI is InChI=1S/C28H30ClN5/c1-5-6-19(2)33-11-13-34(14-12-33)20(3)21-9-10-24-25(29)17-26(31-27(24)15-21)22-7-8-23-18-30-32(4)28(23)16-22/h7-10,15-18H,2-3,5-6,11-14H2,1,4H3. The normalized spacial score (nSPS) is 14.2. The van der Waals surface area contributed by atoms with Crippen LogP contribution in [0.2, 0.25) is 5.02 Å². The van der Waals surface area contributed by atoms with Crippen LogP contribution in [0.15, 0.2) is 67.5 Å². The molecule has 1 saturated heterocycles. The van der Waals surface area contributed by atoms with Crippen molar-refractivity contribution >= 4 is 39.1 Å². The first-order valence-electron chi connectivity index (χ1n) is 11.8. The number of halogens is 1. The molecule has 5 nitrogen and oxygen atoms in total. The highest BCUT2D eigenvalue weighted by Gasteiger charge is 2.20. The number of hydrogen-bond acceptors (Lipinski definition) is 4. The molecule has 2 aromatic carbocycles. The summed E-state index contributed by atoms with van der Waals surface area (Å²) in [4.78, 5) is 9.74. The van der Waals surface area contributed by atoms with E-state index in [1.165, 1.54) is 5.70 Å². The lowest BCUT2D eigenvalue weighted by Crippen LogP contribution is -2.44. The predicted molar refractivity (Wildman–Crippen MR) is 143 cm³/mol. The van der Waals surface area contributed by atoms with Gasteiger partial charge in [0.05, 0.1) is 27.9 Å². The molecule has 4 aromatic rings. The van der Waals surface area contributed by atoms with E-state index in [0.29, 0.717) is 5.02 Å². The van der Waals surface area contributed by atoms with Crippen LogP contribution >= 0.6 is 11.6 Å². The summed E-state index contributed by atoms with van der Waals surface area (Å²) in [7, 11) is 1.95. The Morgan fingerprint density at radius 1 is 1.00 bits per heavy atom. The number of benzene rings is 2. The van der Waals surface area contributed by atoms with Gasteiger partial charge in [0.1, 0.15) is 0 Å². The van der Waals surface area contributed by atoms with Crippen molar-refractivity contribution in [3.63, 3.8) is 0 Å². The first-order chi connectivity index (χ1) is 16.4. The fourth-order valence-electron chi connectivity index (χ4n) is 4.74. The second kappa shape index (κ2) is 9.15. The number of piperazine rings is 1. The molecule has 0 saturated carbocycles. The fraction of sp³-hybridized carbons (Fsp3) is 0.286. The van der Waals surface area contributed by atoms with Gasteiger partial charge >= 0.3 is 0 Å². The first-order valence-corrected chi connectivity index (χ1v) is 12.2. The predicted octanol–water partition coefficient (Wildman–Crippen LogP) is 6.34. The molecule has 174 valence electrons. The second-order valence-electron chi connectivity index (χ2n) is 9.00. The monoisotopic (exact) mass is 471 g/mol. The fourth-order valence-corrected chi connectivity index (χ4v) is 5.00. The van der Waals surface area contributed by atoms with Crippen LogP contribution in [0, 0.1) is 0 Å². The van der Waals surface area contributed by atoms with E-state index in [4.69, 9.17) is 16.6 Å². The van der Waals surface area contributed by atoms with Gasteiger partial charge in [-0.3, -0.25) is 4.68 Å². The highest BCUT2D eigenvalue weighted by Crippen LogP contribution is 2.32. The zero-order chi connectivity index (χ0) is 23.8. The molecule has 0 atom stereocenters. The van der Waals surface area contributed by atoms with E-state index in [-0.39, 0.29) is 0 Å². The Morgan fingerprint density at radius 3 is 2.53 bits per heavy atom. The van der Waals surface area contributed by atoms with Crippen molar-refractivity contribution in [2.24, 2.45) is 7.05 Å². The van der Waals surface area contributed by atoms with E-state index in [9.17, 15) is 0 Å². The lowest BCUT2D eigenvalue weighted by atomic mass is 10.0. The molecule has 0 aliphatic carbocycles. The Morgan fingerprint density at radius 2 is 1.76 bits per heavy atom. The van der Waals surface area contributed by atoms with Crippen molar-refractivity contribution in [2.45, 2.75) is 19.8 Å². The minimum Gasteiger partial charge on any atom is -0.372 e. The third-order valence-electron chi connectivity index (χ3n) is 6.78. The molecule has 3 heterocycles. The van der Waals surface area contributed by atoms with Crippen LogP contribution in [-0.4, -0.2) is 50.7 Å². The van der Waals surface area contributed by atoms with E-state index in [2.05, 4.69) is 71.4 Å². The third kappa shape index (κ3) is 4.16. The average Bonchev–Trinajstić information content (AvgIpc) is 3.23. The summed E-state index contributed by atoms with van der Waals surface area (Å²) in [5.74, 6) is 0. The molecule has 0 bridgehead atoms. The largest absolute Gasteiger partial charge is 0.372 e. The Balaban J connectivity index is 1.42. The van der Waals surface area contributed by atoms with Crippen molar-refractivity contribution < 1.29 is 0 Å². The van der Waals surface area contributed by atoms with Crippen molar-refractivity contribution in [3.05, 3.63) is 78.1 Å². The van der Waals surface area contributed by atoms with Gasteiger partial charge in [-0.05, 0) is 30.2 Å². The molecule has 0 amide bonds. The van der Waals surface area contributed by atoms with Crippen LogP contribution in [-0.2, 0) is 7.05 Å². The van der Waals surface area contributed by atoms with Gasteiger partial charge in [0.2, 0.25) is 0 Å². The van der Waals surface area contributed by atoms with E-state index >= 15 is 0 Å². The molecule has 1 aliphatic rings. The number of allylic oxidation sites excluding steroid dienone is 1. The lowest BCUT2D eigenvalue weighted by Gasteiger charge is -2.39. The van der Waals surface area contributed by atoms with Gasteiger partial charge in [0, 0.05) is 61.0 Å². The molecule has 34 heavy (non-hydrogen) atoms. The Bertz CT molecular complexity index is 1390. The maximum atomic E-state index is 6.69. The van der Waals surface area contributed by atoms with Crippen LogP contribution < -0.4 is 0 Å². The summed E-state index contributed by atoms with van der Waals surface area (Å²) in [6.07, 6.45) is 4.07. The molecular formula is C28H30ClN5. The summed E-state index contributed by atoms with van der Waals surface area (Å²) < 4.78 is 1.88. The number of fused-ring (bicyclic) bond motifs is 2. The number of hydrogen-bond donors (Lipinski definition) is 0. The van der Waals surface area contributed by atoms with E-state index in [1.54, 1.807) is 0 Å². The summed E-state index contributed by atoms with van der Waals surface area (Å²) in [5, 5.41) is 7.10. The highest BCUT2D eigenvalue weighted by atomic mass is 35.5. The van der Waals surface area contributed by atoms with Crippen molar-refractivity contribution in [1.82, 2.24) is 24.6 Å². The number of nitrogens with zero attached hydrogens (tertiary/aromatic N) is 5. The lowest BCUT2D eigenvalue weighted by molar-refractivity contribution is 0.209. The van der Waals surface area contributed by atoms with Gasteiger partial charge in [-0.2, -0.15) is 5.10 Å². The summed E-state index contributed by atoms with van der Waals surface area (Å²) in [6, 6.07) is 14.5. The Kier molecular flexibility index (Phi) is 6.05. The molecule has 0 radical (unpaired) electrons. The van der Waals surface area contributed by atoms with Gasteiger partial charge < -0.3 is 9.80 Å². The van der Waals surface area contributed by atoms with Crippen LogP contribution in [0.3, 0.4) is 0 Å². The SMILES string of the molecule is C=C(CCC)N1CCN(C(=C)c2ccc3c(Cl)cc(-c4ccc5cnn(C)c5c4)nc3c2)CC1. The van der Waals surface area contributed by atoms with Crippen LogP contribution in [0.5, 0.6) is 0 Å². The molecule has 0 N–H and O–H groups in total. The maximum absolute atomic E-state index is 6.69. The highest BCUT2D eigenvalue weighted by molar-refractivity contribution is 6.35. The quantitative estimate of drug-likeness (QED) is 0.328. The first kappa shape index (κ1) is 22.5. The van der Waals surface area contributed by atoms with Gasteiger partial charge in [-0.15, -0.1) is 0 Å². The van der Waals surface area contributed by atoms with Gasteiger partial charge in [0.15, 0.2) is 0 Å². The second-order valence-corrected chi connectivity index (χ2v) is 9.41. The molecule has 2 aromatic heterocycles. The zero-order valence-electron chi connectivity index (χ0n) is 19.9. The van der Waals surface area contributed by atoms with E-state index < -0.39 is 0 Å². The molecule has 1 aliphatic heterocycles. The number of aromatic nitrogens is 3. The average molecular weight is 472 g/mol. The van der Waals surface area contributed by atoms with Gasteiger partial charge in [-0.25, -0.2) is 4.98 Å². The summed E-state index contributed by atoms with van der Waals surface area (Å²) >= 11 is 6.69. The molecule has 6 heteroatoms. The van der Waals surface area contributed by atoms with Gasteiger partial charge in [0.25, 0.3) is 0 Å². The Hall–Kier alpha value is -3.31. The number of pyridine rings is 1. The van der Waals surface area contributed by atoms with E-state index in [1.807, 2.05) is 24.0 Å².